The largest absolute Gasteiger partial charge is 0.508 e. The SMILES string of the molecule is O=C(NNS(=O)(=O)c1ccc([N+](=O)[O-])cc1)c1cccc(O)c1. The van der Waals surface area contributed by atoms with Gasteiger partial charge in [-0.1, -0.05) is 6.07 Å². The molecule has 0 spiro atoms. The van der Waals surface area contributed by atoms with E-state index in [-0.39, 0.29) is 21.9 Å². The molecule has 3 N–H and O–H groups in total. The lowest BCUT2D eigenvalue weighted by atomic mass is 10.2. The molecule has 0 aliphatic heterocycles. The second-order valence-corrected chi connectivity index (χ2v) is 6.04. The van der Waals surface area contributed by atoms with E-state index in [1.54, 1.807) is 0 Å². The summed E-state index contributed by atoms with van der Waals surface area (Å²) in [5.74, 6) is -0.915. The van der Waals surface area contributed by atoms with Crippen LogP contribution in [0.3, 0.4) is 0 Å². The summed E-state index contributed by atoms with van der Waals surface area (Å²) in [6.07, 6.45) is 0. The first kappa shape index (κ1) is 16.4. The molecule has 2 rings (SSSR count). The second kappa shape index (κ2) is 6.42. The maximum Gasteiger partial charge on any atom is 0.269 e. The van der Waals surface area contributed by atoms with Crippen LogP contribution in [0, 0.1) is 10.1 Å². The number of hydrazine groups is 1. The lowest BCUT2D eigenvalue weighted by Crippen LogP contribution is -2.41. The number of nitro groups is 1. The second-order valence-electron chi connectivity index (χ2n) is 4.36. The Morgan fingerprint density at radius 1 is 1.13 bits per heavy atom. The van der Waals surface area contributed by atoms with Crippen molar-refractivity contribution in [1.29, 1.82) is 0 Å². The third-order valence-corrected chi connectivity index (χ3v) is 4.03. The molecule has 0 aliphatic carbocycles. The number of nitro benzene ring substituents is 1. The quantitative estimate of drug-likeness (QED) is 0.548. The lowest BCUT2D eigenvalue weighted by molar-refractivity contribution is -0.384. The van der Waals surface area contributed by atoms with E-state index in [1.807, 2.05) is 10.3 Å². The number of nitrogens with zero attached hydrogens (tertiary/aromatic N) is 1. The lowest BCUT2D eigenvalue weighted by Gasteiger charge is -2.08. The molecule has 1 amide bonds. The van der Waals surface area contributed by atoms with Gasteiger partial charge in [-0.2, -0.15) is 0 Å². The number of phenols is 1. The molecule has 0 saturated carbocycles. The van der Waals surface area contributed by atoms with Crippen molar-refractivity contribution in [2.75, 3.05) is 0 Å². The van der Waals surface area contributed by atoms with Gasteiger partial charge in [0.15, 0.2) is 0 Å². The highest BCUT2D eigenvalue weighted by molar-refractivity contribution is 7.89. The number of rotatable bonds is 5. The minimum absolute atomic E-state index is 0.0522. The monoisotopic (exact) mass is 337 g/mol. The smallest absolute Gasteiger partial charge is 0.269 e. The van der Waals surface area contributed by atoms with Crippen LogP contribution in [-0.4, -0.2) is 24.4 Å². The Balaban J connectivity index is 2.09. The van der Waals surface area contributed by atoms with E-state index in [0.717, 1.165) is 30.3 Å². The maximum absolute atomic E-state index is 12.0. The normalized spacial score (nSPS) is 11.0. The van der Waals surface area contributed by atoms with Crippen molar-refractivity contribution < 1.29 is 23.2 Å². The van der Waals surface area contributed by atoms with Gasteiger partial charge in [0.2, 0.25) is 0 Å². The fourth-order valence-corrected chi connectivity index (χ4v) is 2.48. The van der Waals surface area contributed by atoms with Gasteiger partial charge in [0.1, 0.15) is 5.75 Å². The van der Waals surface area contributed by atoms with E-state index in [0.29, 0.717) is 0 Å². The summed E-state index contributed by atoms with van der Waals surface area (Å²) < 4.78 is 23.9. The summed E-state index contributed by atoms with van der Waals surface area (Å²) in [7, 11) is -4.08. The molecule has 0 aliphatic rings. The van der Waals surface area contributed by atoms with Crippen LogP contribution >= 0.6 is 0 Å². The Bertz CT molecular complexity index is 848. The van der Waals surface area contributed by atoms with Gasteiger partial charge in [0.05, 0.1) is 9.82 Å². The predicted octanol–water partition coefficient (Wildman–Crippen LogP) is 0.924. The van der Waals surface area contributed by atoms with Gasteiger partial charge in [-0.15, -0.1) is 4.83 Å². The molecule has 0 heterocycles. The summed E-state index contributed by atoms with van der Waals surface area (Å²) in [5.41, 5.74) is 1.78. The number of benzene rings is 2. The fraction of sp³-hybridized carbons (Fsp3) is 0. The number of amides is 1. The van der Waals surface area contributed by atoms with E-state index in [1.165, 1.54) is 18.2 Å². The summed E-state index contributed by atoms with van der Waals surface area (Å²) in [5, 5.41) is 19.8. The maximum atomic E-state index is 12.0. The number of hydrogen-bond donors (Lipinski definition) is 3. The van der Waals surface area contributed by atoms with E-state index >= 15 is 0 Å². The molecule has 0 bridgehead atoms. The number of nitrogens with one attached hydrogen (secondary N) is 2. The first-order valence-corrected chi connectivity index (χ1v) is 7.63. The van der Waals surface area contributed by atoms with E-state index in [4.69, 9.17) is 0 Å². The average Bonchev–Trinajstić information content (AvgIpc) is 2.52. The van der Waals surface area contributed by atoms with Crippen LogP contribution in [0.4, 0.5) is 5.69 Å². The van der Waals surface area contributed by atoms with Crippen molar-refractivity contribution in [1.82, 2.24) is 10.3 Å². The van der Waals surface area contributed by atoms with Gasteiger partial charge in [-0.05, 0) is 30.3 Å². The molecule has 10 heteroatoms. The highest BCUT2D eigenvalue weighted by Crippen LogP contribution is 2.15. The third-order valence-electron chi connectivity index (χ3n) is 2.77. The first-order chi connectivity index (χ1) is 10.8. The first-order valence-electron chi connectivity index (χ1n) is 6.15. The Labute approximate surface area is 130 Å². The zero-order chi connectivity index (χ0) is 17.0. The minimum Gasteiger partial charge on any atom is -0.508 e. The van der Waals surface area contributed by atoms with Crippen molar-refractivity contribution in [3.05, 3.63) is 64.2 Å². The van der Waals surface area contributed by atoms with Crippen molar-refractivity contribution in [3.8, 4) is 5.75 Å². The molecule has 0 saturated heterocycles. The van der Waals surface area contributed by atoms with Gasteiger partial charge < -0.3 is 5.11 Å². The number of carbonyl (C=O) groups excluding carboxylic acids is 1. The topological polar surface area (TPSA) is 139 Å². The molecule has 0 atom stereocenters. The van der Waals surface area contributed by atoms with Crippen molar-refractivity contribution in [3.63, 3.8) is 0 Å². The zero-order valence-corrected chi connectivity index (χ0v) is 12.3. The molecular weight excluding hydrogens is 326 g/mol. The highest BCUT2D eigenvalue weighted by atomic mass is 32.2. The van der Waals surface area contributed by atoms with Crippen LogP contribution in [-0.2, 0) is 10.0 Å². The average molecular weight is 337 g/mol. The third kappa shape index (κ3) is 4.02. The summed E-state index contributed by atoms with van der Waals surface area (Å²) in [6.45, 7) is 0. The van der Waals surface area contributed by atoms with Gasteiger partial charge >= 0.3 is 0 Å². The number of hydrogen-bond acceptors (Lipinski definition) is 6. The zero-order valence-electron chi connectivity index (χ0n) is 11.5. The van der Waals surface area contributed by atoms with Gasteiger partial charge in [0, 0.05) is 17.7 Å². The van der Waals surface area contributed by atoms with Crippen LogP contribution in [0.25, 0.3) is 0 Å². The van der Waals surface area contributed by atoms with E-state index in [2.05, 4.69) is 0 Å². The predicted molar refractivity (Wildman–Crippen MR) is 79.0 cm³/mol. The summed E-state index contributed by atoms with van der Waals surface area (Å²) in [4.78, 5) is 23.3. The van der Waals surface area contributed by atoms with E-state index < -0.39 is 20.9 Å². The molecule has 0 unspecified atom stereocenters. The molecule has 2 aromatic carbocycles. The van der Waals surface area contributed by atoms with Crippen molar-refractivity contribution >= 4 is 21.6 Å². The number of non-ortho nitro benzene ring substituents is 1. The van der Waals surface area contributed by atoms with E-state index in [9.17, 15) is 28.4 Å². The molecule has 0 aromatic heterocycles. The van der Waals surface area contributed by atoms with Crippen LogP contribution in [0.1, 0.15) is 10.4 Å². The molecule has 0 radical (unpaired) electrons. The number of carbonyl (C=O) groups is 1. The van der Waals surface area contributed by atoms with Gasteiger partial charge in [-0.25, -0.2) is 8.42 Å². The Morgan fingerprint density at radius 3 is 2.35 bits per heavy atom. The Kier molecular flexibility index (Phi) is 4.57. The molecular formula is C13H11N3O6S. The van der Waals surface area contributed by atoms with Crippen LogP contribution in [0.2, 0.25) is 0 Å². The molecule has 0 fully saturated rings. The Morgan fingerprint density at radius 2 is 1.78 bits per heavy atom. The molecule has 23 heavy (non-hydrogen) atoms. The van der Waals surface area contributed by atoms with Crippen molar-refractivity contribution in [2.24, 2.45) is 0 Å². The van der Waals surface area contributed by atoms with Crippen LogP contribution < -0.4 is 10.3 Å². The molecule has 9 nitrogen and oxygen atoms in total. The fourth-order valence-electron chi connectivity index (χ4n) is 1.64. The van der Waals surface area contributed by atoms with Gasteiger partial charge in [-0.3, -0.25) is 20.3 Å². The number of aromatic hydroxyl groups is 1. The summed E-state index contributed by atoms with van der Waals surface area (Å²) in [6, 6.07) is 9.48. The molecule has 120 valence electrons. The van der Waals surface area contributed by atoms with Crippen LogP contribution in [0.15, 0.2) is 53.4 Å². The molecule has 2 aromatic rings. The number of sulfonamides is 1. The standard InChI is InChI=1S/C13H11N3O6S/c17-11-3-1-2-9(8-11)13(18)14-15-23(21,22)12-6-4-10(5-7-12)16(19)20/h1-8,15,17H,(H,14,18). The number of phenolic OH excluding ortho intramolecular Hbond substituents is 1. The highest BCUT2D eigenvalue weighted by Gasteiger charge is 2.17. The van der Waals surface area contributed by atoms with Gasteiger partial charge in [0.25, 0.3) is 21.6 Å². The Hall–Kier alpha value is -2.98. The minimum atomic E-state index is -4.08. The summed E-state index contributed by atoms with van der Waals surface area (Å²) >= 11 is 0. The van der Waals surface area contributed by atoms with Crippen molar-refractivity contribution in [2.45, 2.75) is 4.90 Å². The van der Waals surface area contributed by atoms with Crippen LogP contribution in [0.5, 0.6) is 5.75 Å².